The van der Waals surface area contributed by atoms with Crippen LogP contribution in [-0.4, -0.2) is 29.2 Å². The molecule has 0 unspecified atom stereocenters. The Balaban J connectivity index is 1.98. The molecule has 1 aromatic carbocycles. The Morgan fingerprint density at radius 3 is 2.76 bits per heavy atom. The van der Waals surface area contributed by atoms with Crippen LogP contribution in [0, 0.1) is 6.92 Å². The molecule has 1 saturated carbocycles. The molecule has 2 heteroatoms. The lowest BCUT2D eigenvalue weighted by Crippen LogP contribution is -2.42. The lowest BCUT2D eigenvalue weighted by Gasteiger charge is -2.35. The summed E-state index contributed by atoms with van der Waals surface area (Å²) in [5.41, 5.74) is 2.64. The van der Waals surface area contributed by atoms with Crippen molar-refractivity contribution >= 4 is 0 Å². The fourth-order valence-electron chi connectivity index (χ4n) is 2.82. The number of likely N-dealkylation sites (N-methyl/N-ethyl adjacent to an activating group) is 1. The van der Waals surface area contributed by atoms with Crippen LogP contribution in [0.2, 0.25) is 0 Å². The predicted molar refractivity (Wildman–Crippen MR) is 70.9 cm³/mol. The molecule has 1 fully saturated rings. The quantitative estimate of drug-likeness (QED) is 0.867. The summed E-state index contributed by atoms with van der Waals surface area (Å²) in [6.07, 6.45) is 4.38. The smallest absolute Gasteiger partial charge is 0.0695 e. The first kappa shape index (κ1) is 12.6. The number of aliphatic hydroxyl groups excluding tert-OH is 1. The van der Waals surface area contributed by atoms with Gasteiger partial charge in [0.15, 0.2) is 0 Å². The van der Waals surface area contributed by atoms with E-state index in [0.717, 1.165) is 19.4 Å². The van der Waals surface area contributed by atoms with Crippen LogP contribution in [0.15, 0.2) is 24.3 Å². The molecule has 0 aliphatic heterocycles. The van der Waals surface area contributed by atoms with Gasteiger partial charge in [0.1, 0.15) is 0 Å². The zero-order chi connectivity index (χ0) is 12.3. The monoisotopic (exact) mass is 233 g/mol. The number of aliphatic hydroxyl groups is 1. The topological polar surface area (TPSA) is 23.5 Å². The van der Waals surface area contributed by atoms with Crippen LogP contribution in [0.5, 0.6) is 0 Å². The van der Waals surface area contributed by atoms with Crippen molar-refractivity contribution < 1.29 is 5.11 Å². The van der Waals surface area contributed by atoms with Gasteiger partial charge in [-0.2, -0.15) is 0 Å². The minimum Gasteiger partial charge on any atom is -0.391 e. The maximum absolute atomic E-state index is 10.0. The Kier molecular flexibility index (Phi) is 4.19. The van der Waals surface area contributed by atoms with E-state index in [1.807, 2.05) is 0 Å². The van der Waals surface area contributed by atoms with E-state index in [0.29, 0.717) is 6.04 Å². The third-order valence-corrected chi connectivity index (χ3v) is 3.77. The van der Waals surface area contributed by atoms with Gasteiger partial charge in [-0.1, -0.05) is 42.7 Å². The number of aryl methyl sites for hydroxylation is 1. The van der Waals surface area contributed by atoms with E-state index in [9.17, 15) is 5.11 Å². The summed E-state index contributed by atoms with van der Waals surface area (Å²) in [5, 5.41) is 10.0. The fraction of sp³-hybridized carbons (Fsp3) is 0.600. The minimum absolute atomic E-state index is 0.140. The van der Waals surface area contributed by atoms with E-state index in [-0.39, 0.29) is 6.10 Å². The SMILES string of the molecule is Cc1cccc(CN(C)[C@H]2CCCC[C@@H]2O)c1. The van der Waals surface area contributed by atoms with Gasteiger partial charge < -0.3 is 5.11 Å². The third kappa shape index (κ3) is 3.30. The average molecular weight is 233 g/mol. The second-order valence-electron chi connectivity index (χ2n) is 5.32. The molecular formula is C15H23NO. The molecule has 17 heavy (non-hydrogen) atoms. The van der Waals surface area contributed by atoms with Crippen molar-refractivity contribution in [3.8, 4) is 0 Å². The second-order valence-corrected chi connectivity index (χ2v) is 5.32. The molecule has 1 aromatic rings. The Bertz CT molecular complexity index is 364. The van der Waals surface area contributed by atoms with E-state index in [4.69, 9.17) is 0 Å². The minimum atomic E-state index is -0.140. The van der Waals surface area contributed by atoms with Gasteiger partial charge in [0.2, 0.25) is 0 Å². The highest BCUT2D eigenvalue weighted by Crippen LogP contribution is 2.23. The normalized spacial score (nSPS) is 25.2. The van der Waals surface area contributed by atoms with Crippen molar-refractivity contribution in [2.45, 2.75) is 51.3 Å². The number of benzene rings is 1. The first-order valence-electron chi connectivity index (χ1n) is 6.60. The lowest BCUT2D eigenvalue weighted by atomic mass is 9.91. The number of rotatable bonds is 3. The van der Waals surface area contributed by atoms with Crippen LogP contribution in [-0.2, 0) is 6.54 Å². The van der Waals surface area contributed by atoms with Crippen molar-refractivity contribution in [3.63, 3.8) is 0 Å². The Hall–Kier alpha value is -0.860. The van der Waals surface area contributed by atoms with Crippen molar-refractivity contribution in [1.82, 2.24) is 4.90 Å². The van der Waals surface area contributed by atoms with Crippen molar-refractivity contribution in [1.29, 1.82) is 0 Å². The third-order valence-electron chi connectivity index (χ3n) is 3.77. The highest BCUT2D eigenvalue weighted by Gasteiger charge is 2.26. The van der Waals surface area contributed by atoms with Gasteiger partial charge in [-0.15, -0.1) is 0 Å². The summed E-state index contributed by atoms with van der Waals surface area (Å²) in [6, 6.07) is 8.96. The Morgan fingerprint density at radius 2 is 2.06 bits per heavy atom. The molecule has 0 radical (unpaired) electrons. The van der Waals surface area contributed by atoms with Crippen molar-refractivity contribution in [2.24, 2.45) is 0 Å². The zero-order valence-electron chi connectivity index (χ0n) is 10.9. The van der Waals surface area contributed by atoms with Gasteiger partial charge >= 0.3 is 0 Å². The first-order chi connectivity index (χ1) is 8.16. The molecule has 94 valence electrons. The zero-order valence-corrected chi connectivity index (χ0v) is 10.9. The molecule has 0 spiro atoms. The van der Waals surface area contributed by atoms with E-state index < -0.39 is 0 Å². The van der Waals surface area contributed by atoms with Crippen molar-refractivity contribution in [2.75, 3.05) is 7.05 Å². The van der Waals surface area contributed by atoms with Crippen LogP contribution in [0.1, 0.15) is 36.8 Å². The summed E-state index contributed by atoms with van der Waals surface area (Å²) < 4.78 is 0. The van der Waals surface area contributed by atoms with Gasteiger partial charge in [0.25, 0.3) is 0 Å². The van der Waals surface area contributed by atoms with Crippen LogP contribution in [0.3, 0.4) is 0 Å². The Morgan fingerprint density at radius 1 is 1.29 bits per heavy atom. The summed E-state index contributed by atoms with van der Waals surface area (Å²) in [5.74, 6) is 0. The highest BCUT2D eigenvalue weighted by molar-refractivity contribution is 5.22. The van der Waals surface area contributed by atoms with E-state index in [2.05, 4.69) is 43.1 Å². The summed E-state index contributed by atoms with van der Waals surface area (Å²) in [6.45, 7) is 3.06. The molecule has 1 N–H and O–H groups in total. The molecule has 2 nitrogen and oxygen atoms in total. The van der Waals surface area contributed by atoms with Crippen LogP contribution in [0.4, 0.5) is 0 Å². The van der Waals surface area contributed by atoms with Gasteiger partial charge in [0.05, 0.1) is 6.10 Å². The molecule has 0 heterocycles. The predicted octanol–water partition coefficient (Wildman–Crippen LogP) is 2.73. The molecule has 2 rings (SSSR count). The summed E-state index contributed by atoms with van der Waals surface area (Å²) in [4.78, 5) is 2.30. The molecule has 0 saturated heterocycles. The molecule has 1 aliphatic carbocycles. The van der Waals surface area contributed by atoms with Crippen molar-refractivity contribution in [3.05, 3.63) is 35.4 Å². The van der Waals surface area contributed by atoms with Gasteiger partial charge in [0, 0.05) is 12.6 Å². The van der Waals surface area contributed by atoms with Gasteiger partial charge in [-0.25, -0.2) is 0 Å². The van der Waals surface area contributed by atoms with Gasteiger partial charge in [-0.3, -0.25) is 4.90 Å². The molecule has 0 bridgehead atoms. The summed E-state index contributed by atoms with van der Waals surface area (Å²) >= 11 is 0. The van der Waals surface area contributed by atoms with Crippen LogP contribution < -0.4 is 0 Å². The summed E-state index contributed by atoms with van der Waals surface area (Å²) in [7, 11) is 2.13. The maximum Gasteiger partial charge on any atom is 0.0695 e. The van der Waals surface area contributed by atoms with Gasteiger partial charge in [-0.05, 0) is 32.4 Å². The molecule has 0 amide bonds. The Labute approximate surface area is 104 Å². The highest BCUT2D eigenvalue weighted by atomic mass is 16.3. The average Bonchev–Trinajstić information content (AvgIpc) is 2.29. The largest absolute Gasteiger partial charge is 0.391 e. The van der Waals surface area contributed by atoms with Crippen LogP contribution in [0.25, 0.3) is 0 Å². The fourth-order valence-corrected chi connectivity index (χ4v) is 2.82. The van der Waals surface area contributed by atoms with Crippen LogP contribution >= 0.6 is 0 Å². The molecule has 1 aliphatic rings. The maximum atomic E-state index is 10.0. The van der Waals surface area contributed by atoms with E-state index >= 15 is 0 Å². The lowest BCUT2D eigenvalue weighted by molar-refractivity contribution is 0.0288. The number of hydrogen-bond acceptors (Lipinski definition) is 2. The van der Waals surface area contributed by atoms with E-state index in [1.165, 1.54) is 24.0 Å². The molecule has 2 atom stereocenters. The molecular weight excluding hydrogens is 210 g/mol. The second kappa shape index (κ2) is 5.65. The standard InChI is InChI=1S/C15H23NO/c1-12-6-5-7-13(10-12)11-16(2)14-8-3-4-9-15(14)17/h5-7,10,14-15,17H,3-4,8-9,11H2,1-2H3/t14-,15-/m0/s1. The van der Waals surface area contributed by atoms with E-state index in [1.54, 1.807) is 0 Å². The first-order valence-corrected chi connectivity index (χ1v) is 6.60. The number of hydrogen-bond donors (Lipinski definition) is 1. The molecule has 0 aromatic heterocycles. The number of nitrogens with zero attached hydrogens (tertiary/aromatic N) is 1.